The molecule has 0 bridgehead atoms. The predicted molar refractivity (Wildman–Crippen MR) is 67.0 cm³/mol. The van der Waals surface area contributed by atoms with E-state index >= 15 is 0 Å². The maximum atomic E-state index is 11.7. The minimum absolute atomic E-state index is 0.108. The highest BCUT2D eigenvalue weighted by Crippen LogP contribution is 2.05. The summed E-state index contributed by atoms with van der Waals surface area (Å²) in [5.41, 5.74) is 5.62. The van der Waals surface area contributed by atoms with Crippen molar-refractivity contribution in [3.63, 3.8) is 0 Å². The minimum atomic E-state index is -0.563. The van der Waals surface area contributed by atoms with Crippen LogP contribution in [-0.4, -0.2) is 66.4 Å². The van der Waals surface area contributed by atoms with Crippen molar-refractivity contribution in [2.75, 3.05) is 38.5 Å². The average molecular weight is 261 g/mol. The number of ether oxygens (including phenoxy) is 1. The molecule has 0 saturated carbocycles. The molecule has 1 aliphatic rings. The average Bonchev–Trinajstić information content (AvgIpc) is 2.37. The molecule has 2 amide bonds. The van der Waals surface area contributed by atoms with E-state index in [1.165, 1.54) is 0 Å². The van der Waals surface area contributed by atoms with Gasteiger partial charge in [0.2, 0.25) is 5.91 Å². The minimum Gasteiger partial charge on any atom is -0.450 e. The Hall–Kier alpha value is -0.950. The van der Waals surface area contributed by atoms with Gasteiger partial charge in [0.15, 0.2) is 0 Å². The van der Waals surface area contributed by atoms with Gasteiger partial charge in [0.1, 0.15) is 0 Å². The lowest BCUT2D eigenvalue weighted by molar-refractivity contribution is -0.133. The van der Waals surface area contributed by atoms with Crippen LogP contribution in [0.2, 0.25) is 0 Å². The Labute approximate surface area is 106 Å². The topological polar surface area (TPSA) is 75.9 Å². The van der Waals surface area contributed by atoms with Crippen LogP contribution in [0.25, 0.3) is 0 Å². The number of hydrogen-bond donors (Lipinski definition) is 2. The first kappa shape index (κ1) is 14.1. The second-order valence-electron chi connectivity index (χ2n) is 3.80. The number of amides is 2. The molecule has 6 nitrogen and oxygen atoms in total. The van der Waals surface area contributed by atoms with Gasteiger partial charge in [-0.05, 0) is 6.92 Å². The highest BCUT2D eigenvalue weighted by Gasteiger charge is 2.26. The van der Waals surface area contributed by atoms with Crippen LogP contribution >= 0.6 is 12.6 Å². The zero-order chi connectivity index (χ0) is 12.8. The molecule has 17 heavy (non-hydrogen) atoms. The second kappa shape index (κ2) is 6.70. The van der Waals surface area contributed by atoms with Crippen LogP contribution in [-0.2, 0) is 9.53 Å². The summed E-state index contributed by atoms with van der Waals surface area (Å²) in [5, 5.41) is 0. The summed E-state index contributed by atoms with van der Waals surface area (Å²) in [6.45, 7) is 4.11. The Balaban J connectivity index is 2.40. The van der Waals surface area contributed by atoms with Crippen molar-refractivity contribution >= 4 is 24.6 Å². The standard InChI is InChI=1S/C10H19N3O3S/c1-2-16-10(15)13-5-3-12(4-6-13)9(14)8(11)7-17/h8,17H,2-7,11H2,1H3. The Bertz CT molecular complexity index is 280. The first-order valence-electron chi connectivity index (χ1n) is 5.67. The molecule has 1 heterocycles. The van der Waals surface area contributed by atoms with Crippen molar-refractivity contribution in [2.24, 2.45) is 5.73 Å². The number of carbonyl (C=O) groups is 2. The van der Waals surface area contributed by atoms with Crippen molar-refractivity contribution in [1.29, 1.82) is 0 Å². The molecule has 98 valence electrons. The van der Waals surface area contributed by atoms with E-state index in [0.29, 0.717) is 38.5 Å². The smallest absolute Gasteiger partial charge is 0.409 e. The third kappa shape index (κ3) is 3.78. The highest BCUT2D eigenvalue weighted by molar-refractivity contribution is 7.80. The number of piperazine rings is 1. The third-order valence-electron chi connectivity index (χ3n) is 2.63. The molecule has 0 aromatic rings. The van der Waals surface area contributed by atoms with E-state index in [-0.39, 0.29) is 12.0 Å². The van der Waals surface area contributed by atoms with E-state index in [4.69, 9.17) is 10.5 Å². The molecule has 1 fully saturated rings. The molecule has 2 N–H and O–H groups in total. The molecule has 0 aromatic heterocycles. The zero-order valence-corrected chi connectivity index (χ0v) is 10.9. The van der Waals surface area contributed by atoms with Crippen molar-refractivity contribution in [3.8, 4) is 0 Å². The van der Waals surface area contributed by atoms with Gasteiger partial charge in [0, 0.05) is 31.9 Å². The largest absolute Gasteiger partial charge is 0.450 e. The van der Waals surface area contributed by atoms with E-state index in [1.54, 1.807) is 16.7 Å². The van der Waals surface area contributed by atoms with Gasteiger partial charge < -0.3 is 20.3 Å². The van der Waals surface area contributed by atoms with Gasteiger partial charge >= 0.3 is 6.09 Å². The normalized spacial score (nSPS) is 17.8. The predicted octanol–water partition coefficient (Wildman–Crippen LogP) is -0.456. The Morgan fingerprint density at radius 1 is 1.29 bits per heavy atom. The van der Waals surface area contributed by atoms with E-state index in [1.807, 2.05) is 0 Å². The van der Waals surface area contributed by atoms with Gasteiger partial charge in [-0.2, -0.15) is 12.6 Å². The summed E-state index contributed by atoms with van der Waals surface area (Å²) < 4.78 is 4.89. The fraction of sp³-hybridized carbons (Fsp3) is 0.800. The molecule has 7 heteroatoms. The quantitative estimate of drug-likeness (QED) is 0.674. The number of thiol groups is 1. The maximum absolute atomic E-state index is 11.7. The number of nitrogens with zero attached hydrogens (tertiary/aromatic N) is 2. The Morgan fingerprint density at radius 3 is 2.29 bits per heavy atom. The van der Waals surface area contributed by atoms with E-state index in [0.717, 1.165) is 0 Å². The lowest BCUT2D eigenvalue weighted by Crippen LogP contribution is -2.54. The van der Waals surface area contributed by atoms with Gasteiger partial charge in [-0.3, -0.25) is 4.79 Å². The van der Waals surface area contributed by atoms with Crippen molar-refractivity contribution in [2.45, 2.75) is 13.0 Å². The Kier molecular flexibility index (Phi) is 5.57. The van der Waals surface area contributed by atoms with Crippen LogP contribution in [0.15, 0.2) is 0 Å². The van der Waals surface area contributed by atoms with E-state index in [2.05, 4.69) is 12.6 Å². The van der Waals surface area contributed by atoms with Gasteiger partial charge in [-0.15, -0.1) is 0 Å². The third-order valence-corrected chi connectivity index (χ3v) is 3.02. The molecule has 1 atom stereocenters. The Morgan fingerprint density at radius 2 is 1.82 bits per heavy atom. The molecule has 1 unspecified atom stereocenters. The van der Waals surface area contributed by atoms with Gasteiger partial charge in [0.25, 0.3) is 0 Å². The first-order valence-corrected chi connectivity index (χ1v) is 6.30. The van der Waals surface area contributed by atoms with Gasteiger partial charge in [-0.25, -0.2) is 4.79 Å². The molecule has 0 aromatic carbocycles. The fourth-order valence-electron chi connectivity index (χ4n) is 1.64. The van der Waals surface area contributed by atoms with Crippen molar-refractivity contribution in [3.05, 3.63) is 0 Å². The van der Waals surface area contributed by atoms with Crippen LogP contribution in [0, 0.1) is 0 Å². The summed E-state index contributed by atoms with van der Waals surface area (Å²) in [7, 11) is 0. The van der Waals surface area contributed by atoms with E-state index < -0.39 is 6.04 Å². The lowest BCUT2D eigenvalue weighted by Gasteiger charge is -2.35. The van der Waals surface area contributed by atoms with Gasteiger partial charge in [0.05, 0.1) is 12.6 Å². The highest BCUT2D eigenvalue weighted by atomic mass is 32.1. The molecule has 1 rings (SSSR count). The number of hydrogen-bond acceptors (Lipinski definition) is 5. The van der Waals surface area contributed by atoms with Crippen LogP contribution < -0.4 is 5.73 Å². The SMILES string of the molecule is CCOC(=O)N1CCN(C(=O)C(N)CS)CC1. The monoisotopic (exact) mass is 261 g/mol. The number of rotatable bonds is 3. The van der Waals surface area contributed by atoms with Crippen molar-refractivity contribution in [1.82, 2.24) is 9.80 Å². The van der Waals surface area contributed by atoms with E-state index in [9.17, 15) is 9.59 Å². The molecular weight excluding hydrogens is 242 g/mol. The summed E-state index contributed by atoms with van der Waals surface area (Å²) in [6, 6.07) is -0.563. The summed E-state index contributed by atoms with van der Waals surface area (Å²) >= 11 is 4.00. The van der Waals surface area contributed by atoms with Crippen LogP contribution in [0.5, 0.6) is 0 Å². The maximum Gasteiger partial charge on any atom is 0.409 e. The summed E-state index contributed by atoms with van der Waals surface area (Å²) in [5.74, 6) is 0.222. The lowest BCUT2D eigenvalue weighted by atomic mass is 10.2. The van der Waals surface area contributed by atoms with Crippen LogP contribution in [0.1, 0.15) is 6.92 Å². The molecule has 0 spiro atoms. The number of carbonyl (C=O) groups excluding carboxylic acids is 2. The molecule has 1 saturated heterocycles. The second-order valence-corrected chi connectivity index (χ2v) is 4.17. The van der Waals surface area contributed by atoms with Crippen molar-refractivity contribution < 1.29 is 14.3 Å². The summed E-state index contributed by atoms with van der Waals surface area (Å²) in [4.78, 5) is 26.4. The summed E-state index contributed by atoms with van der Waals surface area (Å²) in [6.07, 6.45) is -0.321. The number of nitrogens with two attached hydrogens (primary N) is 1. The zero-order valence-electron chi connectivity index (χ0n) is 9.96. The molecule has 1 aliphatic heterocycles. The van der Waals surface area contributed by atoms with Gasteiger partial charge in [-0.1, -0.05) is 0 Å². The fourth-order valence-corrected chi connectivity index (χ4v) is 1.79. The first-order chi connectivity index (χ1) is 8.10. The van der Waals surface area contributed by atoms with Crippen LogP contribution in [0.4, 0.5) is 4.79 Å². The van der Waals surface area contributed by atoms with Crippen LogP contribution in [0.3, 0.4) is 0 Å². The molecule has 0 radical (unpaired) electrons. The molecule has 0 aliphatic carbocycles. The molecular formula is C10H19N3O3S.